The smallest absolute Gasteiger partial charge is 0.407 e. The molecule has 0 radical (unpaired) electrons. The number of nitrogens with one attached hydrogen (secondary N) is 1. The molecule has 0 saturated carbocycles. The lowest BCUT2D eigenvalue weighted by Crippen LogP contribution is -2.40. The van der Waals surface area contributed by atoms with Crippen molar-refractivity contribution in [3.63, 3.8) is 0 Å². The van der Waals surface area contributed by atoms with E-state index in [0.29, 0.717) is 6.61 Å². The second-order valence-electron chi connectivity index (χ2n) is 5.29. The molecule has 1 aromatic carbocycles. The van der Waals surface area contributed by atoms with Crippen molar-refractivity contribution in [2.24, 2.45) is 0 Å². The monoisotopic (exact) mass is 329 g/mol. The van der Waals surface area contributed by atoms with Gasteiger partial charge in [-0.05, 0) is 55.8 Å². The lowest BCUT2D eigenvalue weighted by Gasteiger charge is -2.22. The molecule has 0 heterocycles. The van der Waals surface area contributed by atoms with Crippen LogP contribution in [0.5, 0.6) is 5.75 Å². The molecule has 0 saturated heterocycles. The minimum atomic E-state index is -0.493. The molecule has 0 aliphatic carbocycles. The van der Waals surface area contributed by atoms with Gasteiger partial charge in [-0.1, -0.05) is 12.1 Å². The first-order valence-corrected chi connectivity index (χ1v) is 6.94. The Morgan fingerprint density at radius 1 is 1.37 bits per heavy atom. The van der Waals surface area contributed by atoms with E-state index in [0.717, 1.165) is 10.2 Å². The van der Waals surface area contributed by atoms with Crippen LogP contribution in [0.1, 0.15) is 27.7 Å². The van der Waals surface area contributed by atoms with Gasteiger partial charge in [-0.3, -0.25) is 0 Å². The first-order chi connectivity index (χ1) is 8.78. The standard InChI is InChI=1S/C14H20BrNO3/c1-10(16-13(17)19-14(2,3)4)9-18-12-8-6-5-7-11(12)15/h5-8,10H,9H2,1-4H3,(H,16,17). The Labute approximate surface area is 122 Å². The van der Waals surface area contributed by atoms with Crippen LogP contribution < -0.4 is 10.1 Å². The summed E-state index contributed by atoms with van der Waals surface area (Å²) in [5.74, 6) is 0.750. The fourth-order valence-electron chi connectivity index (χ4n) is 1.33. The van der Waals surface area contributed by atoms with Gasteiger partial charge < -0.3 is 14.8 Å². The molecule has 1 amide bonds. The van der Waals surface area contributed by atoms with Gasteiger partial charge in [0.15, 0.2) is 0 Å². The van der Waals surface area contributed by atoms with E-state index in [-0.39, 0.29) is 6.04 Å². The van der Waals surface area contributed by atoms with Crippen molar-refractivity contribution < 1.29 is 14.3 Å². The van der Waals surface area contributed by atoms with Gasteiger partial charge in [0.25, 0.3) is 0 Å². The molecule has 0 aromatic heterocycles. The fourth-order valence-corrected chi connectivity index (χ4v) is 1.73. The predicted molar refractivity (Wildman–Crippen MR) is 78.5 cm³/mol. The predicted octanol–water partition coefficient (Wildman–Crippen LogP) is 3.74. The lowest BCUT2D eigenvalue weighted by atomic mass is 10.2. The van der Waals surface area contributed by atoms with Crippen LogP contribution in [0.4, 0.5) is 4.79 Å². The van der Waals surface area contributed by atoms with Gasteiger partial charge >= 0.3 is 6.09 Å². The minimum absolute atomic E-state index is 0.137. The molecule has 0 bridgehead atoms. The number of carbonyl (C=O) groups excluding carboxylic acids is 1. The number of alkyl carbamates (subject to hydrolysis) is 1. The molecule has 0 aliphatic heterocycles. The van der Waals surface area contributed by atoms with Gasteiger partial charge in [0.05, 0.1) is 10.5 Å². The third-order valence-corrected chi connectivity index (χ3v) is 2.74. The summed E-state index contributed by atoms with van der Waals surface area (Å²) in [6.07, 6.45) is -0.435. The largest absolute Gasteiger partial charge is 0.490 e. The molecule has 0 aliphatic rings. The van der Waals surface area contributed by atoms with Gasteiger partial charge in [0.1, 0.15) is 18.0 Å². The highest BCUT2D eigenvalue weighted by molar-refractivity contribution is 9.10. The average Bonchev–Trinajstić information content (AvgIpc) is 2.25. The third-order valence-electron chi connectivity index (χ3n) is 2.09. The molecule has 1 aromatic rings. The molecule has 1 atom stereocenters. The first kappa shape index (κ1) is 15.8. The lowest BCUT2D eigenvalue weighted by molar-refractivity contribution is 0.0494. The second-order valence-corrected chi connectivity index (χ2v) is 6.14. The van der Waals surface area contributed by atoms with Gasteiger partial charge in [0.2, 0.25) is 0 Å². The zero-order chi connectivity index (χ0) is 14.5. The fraction of sp³-hybridized carbons (Fsp3) is 0.500. The Morgan fingerprint density at radius 2 is 2.00 bits per heavy atom. The van der Waals surface area contributed by atoms with E-state index >= 15 is 0 Å². The van der Waals surface area contributed by atoms with Crippen LogP contribution in [0.25, 0.3) is 0 Å². The quantitative estimate of drug-likeness (QED) is 0.915. The van der Waals surface area contributed by atoms with Gasteiger partial charge in [-0.2, -0.15) is 0 Å². The number of para-hydroxylation sites is 1. The Balaban J connectivity index is 2.38. The van der Waals surface area contributed by atoms with Crippen LogP contribution >= 0.6 is 15.9 Å². The molecular formula is C14H20BrNO3. The molecule has 106 valence electrons. The highest BCUT2D eigenvalue weighted by Gasteiger charge is 2.17. The van der Waals surface area contributed by atoms with Crippen molar-refractivity contribution in [1.82, 2.24) is 5.32 Å². The van der Waals surface area contributed by atoms with E-state index < -0.39 is 11.7 Å². The van der Waals surface area contributed by atoms with Crippen LogP contribution in [0, 0.1) is 0 Å². The number of ether oxygens (including phenoxy) is 2. The number of hydrogen-bond acceptors (Lipinski definition) is 3. The molecule has 1 rings (SSSR count). The van der Waals surface area contributed by atoms with Crippen LogP contribution in [0.3, 0.4) is 0 Å². The first-order valence-electron chi connectivity index (χ1n) is 6.15. The summed E-state index contributed by atoms with van der Waals surface area (Å²) in [7, 11) is 0. The number of benzene rings is 1. The number of hydrogen-bond donors (Lipinski definition) is 1. The van der Waals surface area contributed by atoms with Crippen LogP contribution in [-0.2, 0) is 4.74 Å². The highest BCUT2D eigenvalue weighted by atomic mass is 79.9. The zero-order valence-electron chi connectivity index (χ0n) is 11.7. The van der Waals surface area contributed by atoms with Crippen molar-refractivity contribution in [1.29, 1.82) is 0 Å². The van der Waals surface area contributed by atoms with Gasteiger partial charge in [0, 0.05) is 0 Å². The van der Waals surface area contributed by atoms with E-state index in [1.165, 1.54) is 0 Å². The van der Waals surface area contributed by atoms with E-state index in [1.807, 2.05) is 52.0 Å². The molecule has 1 unspecified atom stereocenters. The molecule has 4 nitrogen and oxygen atoms in total. The van der Waals surface area contributed by atoms with Gasteiger partial charge in [-0.15, -0.1) is 0 Å². The van der Waals surface area contributed by atoms with E-state index in [4.69, 9.17) is 9.47 Å². The van der Waals surface area contributed by atoms with Crippen LogP contribution in [-0.4, -0.2) is 24.3 Å². The van der Waals surface area contributed by atoms with E-state index in [2.05, 4.69) is 21.2 Å². The van der Waals surface area contributed by atoms with Crippen molar-refractivity contribution in [2.75, 3.05) is 6.61 Å². The Bertz CT molecular complexity index is 429. The molecule has 5 heteroatoms. The summed E-state index contributed by atoms with van der Waals surface area (Å²) in [6, 6.07) is 7.44. The summed E-state index contributed by atoms with van der Waals surface area (Å²) in [5.41, 5.74) is -0.493. The number of carbonyl (C=O) groups is 1. The third kappa shape index (κ3) is 6.47. The molecular weight excluding hydrogens is 310 g/mol. The zero-order valence-corrected chi connectivity index (χ0v) is 13.3. The number of rotatable bonds is 4. The SMILES string of the molecule is CC(COc1ccccc1Br)NC(=O)OC(C)(C)C. The highest BCUT2D eigenvalue weighted by Crippen LogP contribution is 2.23. The van der Waals surface area contributed by atoms with Crippen LogP contribution in [0.2, 0.25) is 0 Å². The topological polar surface area (TPSA) is 47.6 Å². The number of halogens is 1. The van der Waals surface area contributed by atoms with E-state index in [9.17, 15) is 4.79 Å². The van der Waals surface area contributed by atoms with Crippen LogP contribution in [0.15, 0.2) is 28.7 Å². The van der Waals surface area contributed by atoms with Crippen molar-refractivity contribution in [3.05, 3.63) is 28.7 Å². The Morgan fingerprint density at radius 3 is 2.58 bits per heavy atom. The summed E-state index contributed by atoms with van der Waals surface area (Å²) in [5, 5.41) is 2.72. The summed E-state index contributed by atoms with van der Waals surface area (Å²) in [6.45, 7) is 7.72. The second kappa shape index (κ2) is 6.80. The summed E-state index contributed by atoms with van der Waals surface area (Å²) in [4.78, 5) is 11.5. The van der Waals surface area contributed by atoms with Crippen molar-refractivity contribution in [2.45, 2.75) is 39.3 Å². The molecule has 1 N–H and O–H groups in total. The minimum Gasteiger partial charge on any atom is -0.490 e. The van der Waals surface area contributed by atoms with Crippen molar-refractivity contribution >= 4 is 22.0 Å². The maximum Gasteiger partial charge on any atom is 0.407 e. The molecule has 19 heavy (non-hydrogen) atoms. The Hall–Kier alpha value is -1.23. The average molecular weight is 330 g/mol. The Kier molecular flexibility index (Phi) is 5.66. The molecule has 0 fully saturated rings. The van der Waals surface area contributed by atoms with E-state index in [1.54, 1.807) is 0 Å². The van der Waals surface area contributed by atoms with Gasteiger partial charge in [-0.25, -0.2) is 4.79 Å². The summed E-state index contributed by atoms with van der Waals surface area (Å²) < 4.78 is 11.7. The number of amides is 1. The maximum absolute atomic E-state index is 11.5. The maximum atomic E-state index is 11.5. The molecule has 0 spiro atoms. The summed E-state index contributed by atoms with van der Waals surface area (Å²) >= 11 is 3.40. The normalized spacial score (nSPS) is 12.7. The van der Waals surface area contributed by atoms with Crippen molar-refractivity contribution in [3.8, 4) is 5.75 Å².